The van der Waals surface area contributed by atoms with Gasteiger partial charge in [-0.05, 0) is 25.1 Å². The standard InChI is InChI=1S/C12H15ClN4O/c1-9(14)12-8-17(16-15-12)5-6-18-11-4-2-3-10(13)7-11/h2-4,7-9H,5-6,14H2,1H3. The molecule has 6 heteroatoms. The van der Waals surface area contributed by atoms with E-state index in [2.05, 4.69) is 10.3 Å². The van der Waals surface area contributed by atoms with E-state index < -0.39 is 0 Å². The van der Waals surface area contributed by atoms with E-state index in [1.165, 1.54) is 0 Å². The van der Waals surface area contributed by atoms with Crippen LogP contribution < -0.4 is 10.5 Å². The summed E-state index contributed by atoms with van der Waals surface area (Å²) in [6, 6.07) is 7.19. The van der Waals surface area contributed by atoms with Crippen LogP contribution in [0.25, 0.3) is 0 Å². The average molecular weight is 267 g/mol. The van der Waals surface area contributed by atoms with E-state index in [1.54, 1.807) is 16.8 Å². The van der Waals surface area contributed by atoms with Gasteiger partial charge < -0.3 is 10.5 Å². The van der Waals surface area contributed by atoms with Crippen LogP contribution in [-0.4, -0.2) is 21.6 Å². The smallest absolute Gasteiger partial charge is 0.120 e. The summed E-state index contributed by atoms with van der Waals surface area (Å²) >= 11 is 5.86. The van der Waals surface area contributed by atoms with Gasteiger partial charge >= 0.3 is 0 Å². The van der Waals surface area contributed by atoms with Crippen LogP contribution in [0.4, 0.5) is 0 Å². The highest BCUT2D eigenvalue weighted by Gasteiger charge is 2.04. The molecule has 0 aliphatic heterocycles. The van der Waals surface area contributed by atoms with Gasteiger partial charge in [0.2, 0.25) is 0 Å². The first kappa shape index (κ1) is 12.9. The van der Waals surface area contributed by atoms with Gasteiger partial charge in [-0.25, -0.2) is 4.68 Å². The first-order valence-corrected chi connectivity index (χ1v) is 6.07. The minimum absolute atomic E-state index is 0.104. The van der Waals surface area contributed by atoms with Crippen molar-refractivity contribution in [3.05, 3.63) is 41.2 Å². The second kappa shape index (κ2) is 5.84. The number of nitrogens with zero attached hydrogens (tertiary/aromatic N) is 3. The third kappa shape index (κ3) is 3.45. The Morgan fingerprint density at radius 2 is 2.33 bits per heavy atom. The van der Waals surface area contributed by atoms with Crippen molar-refractivity contribution in [3.63, 3.8) is 0 Å². The molecule has 1 aromatic carbocycles. The molecule has 96 valence electrons. The third-order valence-electron chi connectivity index (χ3n) is 2.41. The third-order valence-corrected chi connectivity index (χ3v) is 2.64. The van der Waals surface area contributed by atoms with Crippen LogP contribution in [0.2, 0.25) is 5.02 Å². The monoisotopic (exact) mass is 266 g/mol. The highest BCUT2D eigenvalue weighted by Crippen LogP contribution is 2.16. The fourth-order valence-electron chi connectivity index (χ4n) is 1.45. The first-order chi connectivity index (χ1) is 8.65. The number of ether oxygens (including phenoxy) is 1. The van der Waals surface area contributed by atoms with Gasteiger partial charge in [-0.3, -0.25) is 0 Å². The predicted molar refractivity (Wildman–Crippen MR) is 69.6 cm³/mol. The molecule has 2 N–H and O–H groups in total. The van der Waals surface area contributed by atoms with Gasteiger partial charge in [0.15, 0.2) is 0 Å². The number of hydrogen-bond donors (Lipinski definition) is 1. The van der Waals surface area contributed by atoms with Crippen molar-refractivity contribution >= 4 is 11.6 Å². The molecule has 1 unspecified atom stereocenters. The molecule has 0 aliphatic carbocycles. The lowest BCUT2D eigenvalue weighted by molar-refractivity contribution is 0.289. The number of nitrogens with two attached hydrogens (primary N) is 1. The van der Waals surface area contributed by atoms with Gasteiger partial charge in [-0.15, -0.1) is 5.10 Å². The SMILES string of the molecule is CC(N)c1cn(CCOc2cccc(Cl)c2)nn1. The molecule has 5 nitrogen and oxygen atoms in total. The Balaban J connectivity index is 1.84. The molecular weight excluding hydrogens is 252 g/mol. The molecule has 0 amide bonds. The van der Waals surface area contributed by atoms with Crippen LogP contribution in [-0.2, 0) is 6.54 Å². The summed E-state index contributed by atoms with van der Waals surface area (Å²) in [6.45, 7) is 2.99. The Hall–Kier alpha value is -1.59. The molecule has 0 spiro atoms. The molecule has 1 atom stereocenters. The average Bonchev–Trinajstić information content (AvgIpc) is 2.78. The second-order valence-electron chi connectivity index (χ2n) is 4.00. The van der Waals surface area contributed by atoms with E-state index in [9.17, 15) is 0 Å². The number of aromatic nitrogens is 3. The summed E-state index contributed by atoms with van der Waals surface area (Å²) in [4.78, 5) is 0. The minimum atomic E-state index is -0.104. The Morgan fingerprint density at radius 1 is 1.50 bits per heavy atom. The number of rotatable bonds is 5. The lowest BCUT2D eigenvalue weighted by Crippen LogP contribution is -2.09. The van der Waals surface area contributed by atoms with E-state index in [4.69, 9.17) is 22.1 Å². The first-order valence-electron chi connectivity index (χ1n) is 5.69. The lowest BCUT2D eigenvalue weighted by atomic mass is 10.3. The van der Waals surface area contributed by atoms with Crippen molar-refractivity contribution < 1.29 is 4.74 Å². The lowest BCUT2D eigenvalue weighted by Gasteiger charge is -2.05. The summed E-state index contributed by atoms with van der Waals surface area (Å²) in [5, 5.41) is 8.59. The van der Waals surface area contributed by atoms with Crippen molar-refractivity contribution in [2.24, 2.45) is 5.73 Å². The molecule has 0 aliphatic rings. The molecule has 2 aromatic rings. The normalized spacial score (nSPS) is 12.4. The molecule has 18 heavy (non-hydrogen) atoms. The maximum absolute atomic E-state index is 5.86. The van der Waals surface area contributed by atoms with Crippen molar-refractivity contribution in [1.82, 2.24) is 15.0 Å². The van der Waals surface area contributed by atoms with E-state index in [1.807, 2.05) is 25.3 Å². The van der Waals surface area contributed by atoms with E-state index in [0.717, 1.165) is 11.4 Å². The zero-order chi connectivity index (χ0) is 13.0. The highest BCUT2D eigenvalue weighted by atomic mass is 35.5. The molecule has 1 heterocycles. The maximum Gasteiger partial charge on any atom is 0.120 e. The highest BCUT2D eigenvalue weighted by molar-refractivity contribution is 6.30. The zero-order valence-electron chi connectivity index (χ0n) is 10.1. The maximum atomic E-state index is 5.86. The van der Waals surface area contributed by atoms with Gasteiger partial charge in [0.05, 0.1) is 18.4 Å². The Kier molecular flexibility index (Phi) is 4.17. The number of hydrogen-bond acceptors (Lipinski definition) is 4. The zero-order valence-corrected chi connectivity index (χ0v) is 10.8. The fourth-order valence-corrected chi connectivity index (χ4v) is 1.63. The van der Waals surface area contributed by atoms with Crippen molar-refractivity contribution in [1.29, 1.82) is 0 Å². The molecular formula is C12H15ClN4O. The minimum Gasteiger partial charge on any atom is -0.492 e. The van der Waals surface area contributed by atoms with Crippen LogP contribution in [0, 0.1) is 0 Å². The topological polar surface area (TPSA) is 66.0 Å². The predicted octanol–water partition coefficient (Wildman–Crippen LogP) is 2.03. The van der Waals surface area contributed by atoms with Gasteiger partial charge in [-0.2, -0.15) is 0 Å². The molecule has 2 rings (SSSR count). The molecule has 1 aromatic heterocycles. The van der Waals surface area contributed by atoms with Crippen LogP contribution in [0.15, 0.2) is 30.5 Å². The van der Waals surface area contributed by atoms with Gasteiger partial charge in [0, 0.05) is 11.1 Å². The van der Waals surface area contributed by atoms with Crippen LogP contribution in [0.3, 0.4) is 0 Å². The van der Waals surface area contributed by atoms with Crippen LogP contribution in [0.1, 0.15) is 18.7 Å². The van der Waals surface area contributed by atoms with E-state index in [-0.39, 0.29) is 6.04 Å². The van der Waals surface area contributed by atoms with Crippen molar-refractivity contribution in [2.45, 2.75) is 19.5 Å². The van der Waals surface area contributed by atoms with Gasteiger partial charge in [0.25, 0.3) is 0 Å². The van der Waals surface area contributed by atoms with Crippen molar-refractivity contribution in [2.75, 3.05) is 6.61 Å². The van der Waals surface area contributed by atoms with E-state index in [0.29, 0.717) is 18.2 Å². The summed E-state index contributed by atoms with van der Waals surface area (Å²) in [7, 11) is 0. The second-order valence-corrected chi connectivity index (χ2v) is 4.44. The molecule has 0 saturated carbocycles. The van der Waals surface area contributed by atoms with Gasteiger partial charge in [-0.1, -0.05) is 22.9 Å². The molecule has 0 bridgehead atoms. The van der Waals surface area contributed by atoms with E-state index >= 15 is 0 Å². The van der Waals surface area contributed by atoms with Crippen LogP contribution in [0.5, 0.6) is 5.75 Å². The Bertz CT molecular complexity index is 512. The summed E-state index contributed by atoms with van der Waals surface area (Å²) in [6.07, 6.45) is 1.83. The summed E-state index contributed by atoms with van der Waals surface area (Å²) in [5.74, 6) is 0.745. The van der Waals surface area contributed by atoms with Gasteiger partial charge in [0.1, 0.15) is 12.4 Å². The number of halogens is 1. The number of benzene rings is 1. The van der Waals surface area contributed by atoms with Crippen LogP contribution >= 0.6 is 11.6 Å². The quantitative estimate of drug-likeness (QED) is 0.899. The fraction of sp³-hybridized carbons (Fsp3) is 0.333. The Morgan fingerprint density at radius 3 is 3.00 bits per heavy atom. The molecule has 0 radical (unpaired) electrons. The summed E-state index contributed by atoms with van der Waals surface area (Å²) in [5.41, 5.74) is 6.48. The largest absolute Gasteiger partial charge is 0.492 e. The molecule has 0 saturated heterocycles. The summed E-state index contributed by atoms with van der Waals surface area (Å²) < 4.78 is 7.27. The Labute approximate surface area is 111 Å². The van der Waals surface area contributed by atoms with Crippen molar-refractivity contribution in [3.8, 4) is 5.75 Å². The molecule has 0 fully saturated rings.